The summed E-state index contributed by atoms with van der Waals surface area (Å²) in [5, 5.41) is 3.02. The van der Waals surface area contributed by atoms with Crippen LogP contribution in [0.2, 0.25) is 0 Å². The summed E-state index contributed by atoms with van der Waals surface area (Å²) in [6.07, 6.45) is 3.02. The molecular weight excluding hydrogens is 190 g/mol. The van der Waals surface area contributed by atoms with E-state index >= 15 is 0 Å². The molecule has 1 aliphatic rings. The molecule has 1 saturated carbocycles. The van der Waals surface area contributed by atoms with E-state index in [1.807, 2.05) is 21.0 Å². The van der Waals surface area contributed by atoms with Crippen LogP contribution >= 0.6 is 0 Å². The van der Waals surface area contributed by atoms with Crippen molar-refractivity contribution in [1.82, 2.24) is 10.2 Å². The standard InChI is InChI=1S/C11H23N3O/c1-8(7-14(2)3)13-11(15)9-5-4-6-10(9)12/h8-10H,4-7,12H2,1-3H3,(H,13,15). The van der Waals surface area contributed by atoms with E-state index in [9.17, 15) is 4.79 Å². The van der Waals surface area contributed by atoms with Crippen LogP contribution in [0, 0.1) is 5.92 Å². The topological polar surface area (TPSA) is 58.4 Å². The van der Waals surface area contributed by atoms with Gasteiger partial charge >= 0.3 is 0 Å². The van der Waals surface area contributed by atoms with Crippen LogP contribution in [0.5, 0.6) is 0 Å². The zero-order chi connectivity index (χ0) is 11.4. The fraction of sp³-hybridized carbons (Fsp3) is 0.909. The summed E-state index contributed by atoms with van der Waals surface area (Å²) in [6.45, 7) is 2.89. The summed E-state index contributed by atoms with van der Waals surface area (Å²) in [4.78, 5) is 13.9. The van der Waals surface area contributed by atoms with E-state index in [1.54, 1.807) is 0 Å². The summed E-state index contributed by atoms with van der Waals surface area (Å²) < 4.78 is 0. The van der Waals surface area contributed by atoms with E-state index in [4.69, 9.17) is 5.73 Å². The minimum Gasteiger partial charge on any atom is -0.352 e. The molecule has 0 aromatic heterocycles. The molecule has 4 nitrogen and oxygen atoms in total. The van der Waals surface area contributed by atoms with Crippen LogP contribution in [-0.2, 0) is 4.79 Å². The van der Waals surface area contributed by atoms with Gasteiger partial charge in [0.2, 0.25) is 5.91 Å². The number of rotatable bonds is 4. The van der Waals surface area contributed by atoms with Gasteiger partial charge in [-0.3, -0.25) is 4.79 Å². The first-order valence-corrected chi connectivity index (χ1v) is 5.71. The fourth-order valence-corrected chi connectivity index (χ4v) is 2.26. The summed E-state index contributed by atoms with van der Waals surface area (Å²) >= 11 is 0. The van der Waals surface area contributed by atoms with Crippen molar-refractivity contribution in [3.05, 3.63) is 0 Å². The predicted octanol–water partition coefficient (Wildman–Crippen LogP) is 0.180. The molecular formula is C11H23N3O. The lowest BCUT2D eigenvalue weighted by molar-refractivity contribution is -0.125. The third-order valence-electron chi connectivity index (χ3n) is 2.93. The van der Waals surface area contributed by atoms with Gasteiger partial charge in [0.25, 0.3) is 0 Å². The maximum absolute atomic E-state index is 11.8. The third-order valence-corrected chi connectivity index (χ3v) is 2.93. The number of likely N-dealkylation sites (N-methyl/N-ethyl adjacent to an activating group) is 1. The Kier molecular flexibility index (Phi) is 4.54. The fourth-order valence-electron chi connectivity index (χ4n) is 2.26. The quantitative estimate of drug-likeness (QED) is 0.700. The lowest BCUT2D eigenvalue weighted by Gasteiger charge is -2.21. The number of hydrogen-bond donors (Lipinski definition) is 2. The zero-order valence-corrected chi connectivity index (χ0v) is 9.99. The van der Waals surface area contributed by atoms with Gasteiger partial charge in [-0.1, -0.05) is 6.42 Å². The highest BCUT2D eigenvalue weighted by Crippen LogP contribution is 2.23. The van der Waals surface area contributed by atoms with Gasteiger partial charge in [-0.25, -0.2) is 0 Å². The smallest absolute Gasteiger partial charge is 0.224 e. The SMILES string of the molecule is CC(CN(C)C)NC(=O)C1CCCC1N. The van der Waals surface area contributed by atoms with Gasteiger partial charge in [0.05, 0.1) is 5.92 Å². The van der Waals surface area contributed by atoms with E-state index in [-0.39, 0.29) is 23.9 Å². The molecule has 0 aromatic rings. The van der Waals surface area contributed by atoms with Crippen molar-refractivity contribution >= 4 is 5.91 Å². The molecule has 88 valence electrons. The minimum absolute atomic E-state index is 0.0367. The Balaban J connectivity index is 2.34. The van der Waals surface area contributed by atoms with Crippen LogP contribution in [0.3, 0.4) is 0 Å². The first-order valence-electron chi connectivity index (χ1n) is 5.71. The molecule has 1 fully saturated rings. The Hall–Kier alpha value is -0.610. The normalized spacial score (nSPS) is 28.1. The average molecular weight is 213 g/mol. The number of nitrogens with zero attached hydrogens (tertiary/aromatic N) is 1. The van der Waals surface area contributed by atoms with Crippen LogP contribution in [0.4, 0.5) is 0 Å². The second kappa shape index (κ2) is 5.47. The van der Waals surface area contributed by atoms with E-state index < -0.39 is 0 Å². The second-order valence-corrected chi connectivity index (χ2v) is 4.87. The molecule has 3 atom stereocenters. The molecule has 1 rings (SSSR count). The molecule has 1 aliphatic carbocycles. The van der Waals surface area contributed by atoms with Crippen molar-refractivity contribution in [3.63, 3.8) is 0 Å². The number of nitrogens with one attached hydrogen (secondary N) is 1. The highest BCUT2D eigenvalue weighted by Gasteiger charge is 2.30. The van der Waals surface area contributed by atoms with Crippen molar-refractivity contribution in [2.75, 3.05) is 20.6 Å². The highest BCUT2D eigenvalue weighted by molar-refractivity contribution is 5.80. The molecule has 3 unspecified atom stereocenters. The lowest BCUT2D eigenvalue weighted by Crippen LogP contribution is -2.45. The predicted molar refractivity (Wildman–Crippen MR) is 61.5 cm³/mol. The summed E-state index contributed by atoms with van der Waals surface area (Å²) in [5.41, 5.74) is 5.89. The zero-order valence-electron chi connectivity index (χ0n) is 9.99. The molecule has 0 radical (unpaired) electrons. The molecule has 4 heteroatoms. The first-order chi connectivity index (χ1) is 7.00. The Labute approximate surface area is 92.2 Å². The molecule has 1 amide bonds. The lowest BCUT2D eigenvalue weighted by atomic mass is 10.0. The summed E-state index contributed by atoms with van der Waals surface area (Å²) in [7, 11) is 4.01. The maximum Gasteiger partial charge on any atom is 0.224 e. The van der Waals surface area contributed by atoms with Gasteiger partial charge in [0.1, 0.15) is 0 Å². The van der Waals surface area contributed by atoms with Crippen LogP contribution in [-0.4, -0.2) is 43.5 Å². The number of carbonyl (C=O) groups is 1. The molecule has 15 heavy (non-hydrogen) atoms. The van der Waals surface area contributed by atoms with Crippen molar-refractivity contribution in [2.45, 2.75) is 38.3 Å². The van der Waals surface area contributed by atoms with E-state index in [2.05, 4.69) is 10.2 Å². The first kappa shape index (κ1) is 12.5. The van der Waals surface area contributed by atoms with Gasteiger partial charge in [-0.2, -0.15) is 0 Å². The van der Waals surface area contributed by atoms with Gasteiger partial charge in [0, 0.05) is 18.6 Å². The third kappa shape index (κ3) is 3.80. The van der Waals surface area contributed by atoms with Crippen LogP contribution in [0.1, 0.15) is 26.2 Å². The van der Waals surface area contributed by atoms with Gasteiger partial charge < -0.3 is 16.0 Å². The van der Waals surface area contributed by atoms with Crippen molar-refractivity contribution < 1.29 is 4.79 Å². The average Bonchev–Trinajstić information content (AvgIpc) is 2.49. The van der Waals surface area contributed by atoms with Crippen LogP contribution < -0.4 is 11.1 Å². The highest BCUT2D eigenvalue weighted by atomic mass is 16.2. The molecule has 0 spiro atoms. The minimum atomic E-state index is 0.0367. The van der Waals surface area contributed by atoms with Crippen molar-refractivity contribution in [1.29, 1.82) is 0 Å². The Morgan fingerprint density at radius 3 is 2.67 bits per heavy atom. The van der Waals surface area contributed by atoms with Crippen molar-refractivity contribution in [2.24, 2.45) is 11.7 Å². The van der Waals surface area contributed by atoms with E-state index in [0.717, 1.165) is 25.8 Å². The number of hydrogen-bond acceptors (Lipinski definition) is 3. The van der Waals surface area contributed by atoms with Gasteiger partial charge in [-0.15, -0.1) is 0 Å². The molecule has 0 saturated heterocycles. The van der Waals surface area contributed by atoms with Gasteiger partial charge in [-0.05, 0) is 33.9 Å². The number of amides is 1. The Morgan fingerprint density at radius 1 is 1.53 bits per heavy atom. The Morgan fingerprint density at radius 2 is 2.20 bits per heavy atom. The second-order valence-electron chi connectivity index (χ2n) is 4.87. The van der Waals surface area contributed by atoms with E-state index in [0.29, 0.717) is 0 Å². The Bertz CT molecular complexity index is 218. The van der Waals surface area contributed by atoms with Crippen LogP contribution in [0.15, 0.2) is 0 Å². The molecule has 0 aromatic carbocycles. The number of nitrogens with two attached hydrogens (primary N) is 1. The number of carbonyl (C=O) groups excluding carboxylic acids is 1. The van der Waals surface area contributed by atoms with Crippen molar-refractivity contribution in [3.8, 4) is 0 Å². The molecule has 3 N–H and O–H groups in total. The maximum atomic E-state index is 11.8. The molecule has 0 aliphatic heterocycles. The van der Waals surface area contributed by atoms with E-state index in [1.165, 1.54) is 0 Å². The summed E-state index contributed by atoms with van der Waals surface area (Å²) in [6, 6.07) is 0.261. The molecule has 0 heterocycles. The monoisotopic (exact) mass is 213 g/mol. The molecule has 0 bridgehead atoms. The van der Waals surface area contributed by atoms with Gasteiger partial charge in [0.15, 0.2) is 0 Å². The summed E-state index contributed by atoms with van der Waals surface area (Å²) in [5.74, 6) is 0.170. The van der Waals surface area contributed by atoms with Crippen LogP contribution in [0.25, 0.3) is 0 Å². The largest absolute Gasteiger partial charge is 0.352 e.